The summed E-state index contributed by atoms with van der Waals surface area (Å²) >= 11 is 0. The molecule has 1 amide bonds. The molecule has 21 heavy (non-hydrogen) atoms. The lowest BCUT2D eigenvalue weighted by molar-refractivity contribution is -0.121. The average Bonchev–Trinajstić information content (AvgIpc) is 2.75. The first-order valence-electron chi connectivity index (χ1n) is 7.44. The van der Waals surface area contributed by atoms with Crippen molar-refractivity contribution in [1.82, 2.24) is 5.32 Å². The molecule has 0 bridgehead atoms. The van der Waals surface area contributed by atoms with Crippen molar-refractivity contribution in [2.45, 2.75) is 45.7 Å². The van der Waals surface area contributed by atoms with Gasteiger partial charge < -0.3 is 10.2 Å². The highest BCUT2D eigenvalue weighted by Crippen LogP contribution is 2.31. The summed E-state index contributed by atoms with van der Waals surface area (Å²) in [5.41, 5.74) is 1.59. The van der Waals surface area contributed by atoms with Crippen molar-refractivity contribution in [2.24, 2.45) is 5.92 Å². The zero-order chi connectivity index (χ0) is 15.6. The van der Waals surface area contributed by atoms with Crippen LogP contribution in [0.25, 0.3) is 0 Å². The van der Waals surface area contributed by atoms with Crippen molar-refractivity contribution in [3.8, 4) is 6.07 Å². The van der Waals surface area contributed by atoms with Gasteiger partial charge in [0, 0.05) is 11.7 Å². The quantitative estimate of drug-likeness (QED) is 0.924. The van der Waals surface area contributed by atoms with Crippen molar-refractivity contribution in [2.75, 3.05) is 11.4 Å². The molecule has 0 spiro atoms. The molecule has 1 N–H and O–H groups in total. The number of anilines is 1. The largest absolute Gasteiger partial charge is 0.359 e. The predicted octanol–water partition coefficient (Wildman–Crippen LogP) is 2.49. The Bertz CT molecular complexity index is 576. The van der Waals surface area contributed by atoms with Crippen molar-refractivity contribution >= 4 is 11.6 Å². The normalized spacial score (nSPS) is 19.8. The number of fused-ring (bicyclic) bond motifs is 1. The summed E-state index contributed by atoms with van der Waals surface area (Å²) in [6, 6.07) is 10.7. The third-order valence-electron chi connectivity index (χ3n) is 4.45. The minimum Gasteiger partial charge on any atom is -0.359 e. The molecule has 1 aromatic rings. The minimum absolute atomic E-state index is 0.0646. The van der Waals surface area contributed by atoms with E-state index in [0.717, 1.165) is 12.1 Å². The van der Waals surface area contributed by atoms with E-state index in [-0.39, 0.29) is 11.8 Å². The third-order valence-corrected chi connectivity index (χ3v) is 4.45. The highest BCUT2D eigenvalue weighted by Gasteiger charge is 2.32. The van der Waals surface area contributed by atoms with Gasteiger partial charge in [0.15, 0.2) is 0 Å². The number of nitrogens with one attached hydrogen (secondary N) is 1. The Hall–Kier alpha value is -2.02. The molecule has 1 aromatic carbocycles. The van der Waals surface area contributed by atoms with Crippen LogP contribution in [-0.4, -0.2) is 24.0 Å². The number of para-hydroxylation sites is 1. The van der Waals surface area contributed by atoms with Crippen LogP contribution in [0.4, 0.5) is 5.69 Å². The molecule has 1 aliphatic heterocycles. The summed E-state index contributed by atoms with van der Waals surface area (Å²) in [5.74, 6) is -0.0361. The summed E-state index contributed by atoms with van der Waals surface area (Å²) in [4.78, 5) is 14.4. The molecular weight excluding hydrogens is 262 g/mol. The second kappa shape index (κ2) is 5.77. The van der Waals surface area contributed by atoms with Crippen LogP contribution < -0.4 is 10.2 Å². The molecule has 112 valence electrons. The number of amides is 1. The van der Waals surface area contributed by atoms with E-state index in [1.807, 2.05) is 26.0 Å². The first kappa shape index (κ1) is 15.4. The molecule has 2 rings (SSSR count). The molecule has 0 radical (unpaired) electrons. The lowest BCUT2D eigenvalue weighted by Crippen LogP contribution is -2.52. The first-order valence-corrected chi connectivity index (χ1v) is 7.44. The number of carbonyl (C=O) groups excluding carboxylic acids is 1. The van der Waals surface area contributed by atoms with Crippen LogP contribution in [0, 0.1) is 17.2 Å². The fourth-order valence-corrected chi connectivity index (χ4v) is 2.66. The lowest BCUT2D eigenvalue weighted by Gasteiger charge is -2.30. The van der Waals surface area contributed by atoms with Crippen LogP contribution >= 0.6 is 0 Å². The Labute approximate surface area is 126 Å². The van der Waals surface area contributed by atoms with Crippen molar-refractivity contribution in [3.63, 3.8) is 0 Å². The number of hydrogen-bond acceptors (Lipinski definition) is 3. The Kier molecular flexibility index (Phi) is 4.22. The van der Waals surface area contributed by atoms with Crippen molar-refractivity contribution in [3.05, 3.63) is 29.8 Å². The van der Waals surface area contributed by atoms with Crippen LogP contribution in [-0.2, 0) is 11.2 Å². The summed E-state index contributed by atoms with van der Waals surface area (Å²) < 4.78 is 0. The van der Waals surface area contributed by atoms with E-state index in [9.17, 15) is 10.1 Å². The zero-order valence-corrected chi connectivity index (χ0v) is 13.2. The molecule has 1 heterocycles. The minimum atomic E-state index is -0.820. The van der Waals surface area contributed by atoms with E-state index >= 15 is 0 Å². The molecule has 0 saturated carbocycles. The number of nitriles is 1. The van der Waals surface area contributed by atoms with Crippen LogP contribution in [0.3, 0.4) is 0 Å². The highest BCUT2D eigenvalue weighted by atomic mass is 16.2. The molecular formula is C17H23N3O. The molecule has 0 fully saturated rings. The molecule has 4 nitrogen and oxygen atoms in total. The fraction of sp³-hybridized carbons (Fsp3) is 0.529. The van der Waals surface area contributed by atoms with E-state index < -0.39 is 5.54 Å². The van der Waals surface area contributed by atoms with E-state index in [1.165, 1.54) is 5.56 Å². The predicted molar refractivity (Wildman–Crippen MR) is 84.0 cm³/mol. The summed E-state index contributed by atoms with van der Waals surface area (Å²) in [7, 11) is 0. The second-order valence-electron chi connectivity index (χ2n) is 6.33. The van der Waals surface area contributed by atoms with Crippen LogP contribution in [0.1, 0.15) is 33.3 Å². The Morgan fingerprint density at radius 3 is 2.81 bits per heavy atom. The van der Waals surface area contributed by atoms with Crippen LogP contribution in [0.5, 0.6) is 0 Å². The van der Waals surface area contributed by atoms with E-state index in [0.29, 0.717) is 12.6 Å². The number of nitrogens with zero attached hydrogens (tertiary/aromatic N) is 2. The number of carbonyl (C=O) groups is 1. The van der Waals surface area contributed by atoms with Gasteiger partial charge in [0.05, 0.1) is 12.6 Å². The maximum absolute atomic E-state index is 12.3. The number of hydrogen-bond donors (Lipinski definition) is 1. The molecule has 2 atom stereocenters. The van der Waals surface area contributed by atoms with Gasteiger partial charge in [0.1, 0.15) is 5.54 Å². The average molecular weight is 285 g/mol. The molecule has 0 aliphatic carbocycles. The first-order chi connectivity index (χ1) is 9.87. The van der Waals surface area contributed by atoms with Gasteiger partial charge in [-0.05, 0) is 37.8 Å². The standard InChI is InChI=1S/C17H23N3O/c1-12(2)17(4,11-18)19-16(21)10-20-13(3)9-14-7-5-6-8-15(14)20/h5-8,12-13H,9-10H2,1-4H3,(H,19,21)/t13-,17+/m1/s1. The fourth-order valence-electron chi connectivity index (χ4n) is 2.66. The number of benzene rings is 1. The second-order valence-corrected chi connectivity index (χ2v) is 6.33. The van der Waals surface area contributed by atoms with E-state index in [2.05, 4.69) is 35.3 Å². The van der Waals surface area contributed by atoms with Gasteiger partial charge in [-0.1, -0.05) is 32.0 Å². The SMILES string of the molecule is CC(C)[C@](C)(C#N)NC(=O)CN1c2ccccc2C[C@H]1C. The maximum atomic E-state index is 12.3. The maximum Gasteiger partial charge on any atom is 0.240 e. The smallest absolute Gasteiger partial charge is 0.240 e. The molecule has 1 aliphatic rings. The Balaban J connectivity index is 2.09. The summed E-state index contributed by atoms with van der Waals surface area (Å²) in [5, 5.41) is 12.2. The van der Waals surface area contributed by atoms with Gasteiger partial charge in [0.2, 0.25) is 5.91 Å². The molecule has 0 saturated heterocycles. The molecule has 4 heteroatoms. The molecule has 0 aromatic heterocycles. The summed E-state index contributed by atoms with van der Waals surface area (Å²) in [6.45, 7) is 8.08. The van der Waals surface area contributed by atoms with Gasteiger partial charge in [-0.2, -0.15) is 5.26 Å². The monoisotopic (exact) mass is 285 g/mol. The van der Waals surface area contributed by atoms with Crippen molar-refractivity contribution in [1.29, 1.82) is 5.26 Å². The Morgan fingerprint density at radius 1 is 1.52 bits per heavy atom. The summed E-state index contributed by atoms with van der Waals surface area (Å²) in [6.07, 6.45) is 0.961. The Morgan fingerprint density at radius 2 is 2.19 bits per heavy atom. The van der Waals surface area contributed by atoms with Gasteiger partial charge in [-0.3, -0.25) is 4.79 Å². The van der Waals surface area contributed by atoms with E-state index in [4.69, 9.17) is 0 Å². The van der Waals surface area contributed by atoms with Crippen molar-refractivity contribution < 1.29 is 4.79 Å². The topological polar surface area (TPSA) is 56.1 Å². The van der Waals surface area contributed by atoms with Crippen LogP contribution in [0.2, 0.25) is 0 Å². The molecule has 0 unspecified atom stereocenters. The zero-order valence-electron chi connectivity index (χ0n) is 13.2. The van der Waals surface area contributed by atoms with Gasteiger partial charge in [-0.25, -0.2) is 0 Å². The van der Waals surface area contributed by atoms with Crippen LogP contribution in [0.15, 0.2) is 24.3 Å². The van der Waals surface area contributed by atoms with Gasteiger partial charge in [0.25, 0.3) is 0 Å². The van der Waals surface area contributed by atoms with E-state index in [1.54, 1.807) is 6.92 Å². The van der Waals surface area contributed by atoms with Gasteiger partial charge in [-0.15, -0.1) is 0 Å². The lowest BCUT2D eigenvalue weighted by atomic mass is 9.90. The number of rotatable bonds is 4. The third kappa shape index (κ3) is 3.02. The van der Waals surface area contributed by atoms with Gasteiger partial charge >= 0.3 is 0 Å². The highest BCUT2D eigenvalue weighted by molar-refractivity contribution is 5.83.